The third-order valence-corrected chi connectivity index (χ3v) is 3.86. The molecule has 0 aliphatic heterocycles. The van der Waals surface area contributed by atoms with E-state index >= 15 is 0 Å². The first kappa shape index (κ1) is 16.6. The zero-order valence-corrected chi connectivity index (χ0v) is 14.2. The number of anilines is 1. The van der Waals surface area contributed by atoms with Crippen LogP contribution in [0.1, 0.15) is 10.4 Å². The molecule has 0 bridgehead atoms. The molecular formula is C19H18N2O4. The van der Waals surface area contributed by atoms with Crippen molar-refractivity contribution in [1.29, 1.82) is 0 Å². The predicted octanol–water partition coefficient (Wildman–Crippen LogP) is 3.51. The number of ether oxygens (including phenoxy) is 3. The number of pyridine rings is 1. The van der Waals surface area contributed by atoms with Gasteiger partial charge < -0.3 is 19.5 Å². The zero-order chi connectivity index (χ0) is 17.8. The van der Waals surface area contributed by atoms with Gasteiger partial charge in [-0.3, -0.25) is 9.78 Å². The van der Waals surface area contributed by atoms with Crippen molar-refractivity contribution in [2.75, 3.05) is 26.6 Å². The number of carbonyl (C=O) groups is 1. The molecule has 3 aromatic rings. The van der Waals surface area contributed by atoms with Crippen LogP contribution >= 0.6 is 0 Å². The molecule has 0 radical (unpaired) electrons. The summed E-state index contributed by atoms with van der Waals surface area (Å²) in [4.78, 5) is 16.8. The largest absolute Gasteiger partial charge is 0.493 e. The molecular weight excluding hydrogens is 320 g/mol. The van der Waals surface area contributed by atoms with E-state index in [1.807, 2.05) is 24.3 Å². The fraction of sp³-hybridized carbons (Fsp3) is 0.158. The quantitative estimate of drug-likeness (QED) is 0.771. The van der Waals surface area contributed by atoms with Crippen LogP contribution in [-0.2, 0) is 0 Å². The number of hydrogen-bond donors (Lipinski definition) is 1. The summed E-state index contributed by atoms with van der Waals surface area (Å²) in [5.41, 5.74) is 1.11. The van der Waals surface area contributed by atoms with E-state index in [2.05, 4.69) is 10.3 Å². The van der Waals surface area contributed by atoms with E-state index < -0.39 is 0 Å². The number of aromatic nitrogens is 1. The van der Waals surface area contributed by atoms with Crippen LogP contribution < -0.4 is 19.5 Å². The fourth-order valence-electron chi connectivity index (χ4n) is 2.64. The molecule has 1 aromatic heterocycles. The lowest BCUT2D eigenvalue weighted by Gasteiger charge is -2.14. The van der Waals surface area contributed by atoms with E-state index in [1.54, 1.807) is 24.5 Å². The molecule has 6 heteroatoms. The summed E-state index contributed by atoms with van der Waals surface area (Å²) in [7, 11) is 4.54. The summed E-state index contributed by atoms with van der Waals surface area (Å²) < 4.78 is 15.9. The second-order valence-electron chi connectivity index (χ2n) is 5.27. The number of nitrogens with one attached hydrogen (secondary N) is 1. The van der Waals surface area contributed by atoms with Gasteiger partial charge in [0.1, 0.15) is 0 Å². The number of fused-ring (bicyclic) bond motifs is 1. The zero-order valence-electron chi connectivity index (χ0n) is 14.2. The molecule has 3 rings (SSSR count). The first-order chi connectivity index (χ1) is 12.2. The van der Waals surface area contributed by atoms with E-state index in [4.69, 9.17) is 14.2 Å². The van der Waals surface area contributed by atoms with E-state index in [0.717, 1.165) is 10.8 Å². The maximum Gasteiger partial charge on any atom is 0.255 e. The minimum Gasteiger partial charge on any atom is -0.493 e. The molecule has 0 fully saturated rings. The molecule has 1 amide bonds. The van der Waals surface area contributed by atoms with Crippen molar-refractivity contribution < 1.29 is 19.0 Å². The molecule has 0 unspecified atom stereocenters. The van der Waals surface area contributed by atoms with Crippen LogP contribution in [0.5, 0.6) is 17.2 Å². The number of benzene rings is 2. The topological polar surface area (TPSA) is 69.7 Å². The summed E-state index contributed by atoms with van der Waals surface area (Å²) in [5.74, 6) is 1.02. The number of nitrogens with zero attached hydrogens (tertiary/aromatic N) is 1. The molecule has 25 heavy (non-hydrogen) atoms. The Morgan fingerprint density at radius 1 is 1.00 bits per heavy atom. The number of carbonyl (C=O) groups excluding carboxylic acids is 1. The Hall–Kier alpha value is -3.28. The van der Waals surface area contributed by atoms with Crippen molar-refractivity contribution in [2.24, 2.45) is 0 Å². The van der Waals surface area contributed by atoms with Crippen LogP contribution in [0, 0.1) is 0 Å². The molecule has 0 atom stereocenters. The van der Waals surface area contributed by atoms with Crippen molar-refractivity contribution in [3.63, 3.8) is 0 Å². The van der Waals surface area contributed by atoms with Gasteiger partial charge >= 0.3 is 0 Å². The highest BCUT2D eigenvalue weighted by atomic mass is 16.5. The second-order valence-corrected chi connectivity index (χ2v) is 5.27. The van der Waals surface area contributed by atoms with Gasteiger partial charge in [0.2, 0.25) is 5.75 Å². The Morgan fingerprint density at radius 2 is 1.72 bits per heavy atom. The Kier molecular flexibility index (Phi) is 4.70. The standard InChI is InChI=1S/C19H18N2O4/c1-23-16-9-13(10-17(24-2)18(16)25-3)19(22)21-15-6-4-5-12-11-20-8-7-14(12)15/h4-11H,1-3H3,(H,21,22). The third-order valence-electron chi connectivity index (χ3n) is 3.86. The second kappa shape index (κ2) is 7.09. The first-order valence-electron chi connectivity index (χ1n) is 7.62. The van der Waals surface area contributed by atoms with Gasteiger partial charge in [0.25, 0.3) is 5.91 Å². The van der Waals surface area contributed by atoms with Crippen molar-refractivity contribution >= 4 is 22.4 Å². The van der Waals surface area contributed by atoms with E-state index in [0.29, 0.717) is 28.5 Å². The Balaban J connectivity index is 1.98. The lowest BCUT2D eigenvalue weighted by Crippen LogP contribution is -2.13. The highest BCUT2D eigenvalue weighted by molar-refractivity contribution is 6.09. The van der Waals surface area contributed by atoms with Crippen LogP contribution in [0.25, 0.3) is 10.8 Å². The number of rotatable bonds is 5. The van der Waals surface area contributed by atoms with Gasteiger partial charge in [-0.1, -0.05) is 12.1 Å². The Morgan fingerprint density at radius 3 is 2.36 bits per heavy atom. The van der Waals surface area contributed by atoms with Crippen LogP contribution in [0.4, 0.5) is 5.69 Å². The molecule has 0 saturated carbocycles. The van der Waals surface area contributed by atoms with Gasteiger partial charge in [-0.15, -0.1) is 0 Å². The third kappa shape index (κ3) is 3.19. The molecule has 0 aliphatic carbocycles. The van der Waals surface area contributed by atoms with Gasteiger partial charge in [-0.2, -0.15) is 0 Å². The summed E-state index contributed by atoms with van der Waals surface area (Å²) in [6, 6.07) is 10.7. The lowest BCUT2D eigenvalue weighted by molar-refractivity contribution is 0.102. The maximum atomic E-state index is 12.7. The van der Waals surface area contributed by atoms with Gasteiger partial charge in [-0.05, 0) is 24.3 Å². The van der Waals surface area contributed by atoms with Gasteiger partial charge in [0.15, 0.2) is 11.5 Å². The van der Waals surface area contributed by atoms with Gasteiger partial charge in [-0.25, -0.2) is 0 Å². The SMILES string of the molecule is COc1cc(C(=O)Nc2cccc3cnccc23)cc(OC)c1OC. The smallest absolute Gasteiger partial charge is 0.255 e. The summed E-state index contributed by atoms with van der Waals surface area (Å²) in [6.07, 6.45) is 3.45. The molecule has 1 N–H and O–H groups in total. The molecule has 2 aromatic carbocycles. The fourth-order valence-corrected chi connectivity index (χ4v) is 2.64. The minimum absolute atomic E-state index is 0.274. The molecule has 0 spiro atoms. The molecule has 6 nitrogen and oxygen atoms in total. The number of hydrogen-bond acceptors (Lipinski definition) is 5. The average molecular weight is 338 g/mol. The van der Waals surface area contributed by atoms with E-state index in [9.17, 15) is 4.79 Å². The van der Waals surface area contributed by atoms with Crippen LogP contribution in [0.2, 0.25) is 0 Å². The van der Waals surface area contributed by atoms with Crippen molar-refractivity contribution in [2.45, 2.75) is 0 Å². The lowest BCUT2D eigenvalue weighted by atomic mass is 10.1. The Labute approximate surface area is 145 Å². The summed E-state index contributed by atoms with van der Waals surface area (Å²) in [5, 5.41) is 4.79. The molecule has 0 aliphatic rings. The number of methoxy groups -OCH3 is 3. The Bertz CT molecular complexity index is 894. The van der Waals surface area contributed by atoms with Crippen LogP contribution in [0.3, 0.4) is 0 Å². The van der Waals surface area contributed by atoms with Crippen molar-refractivity contribution in [1.82, 2.24) is 4.98 Å². The highest BCUT2D eigenvalue weighted by Gasteiger charge is 2.17. The maximum absolute atomic E-state index is 12.7. The van der Waals surface area contributed by atoms with Crippen LogP contribution in [-0.4, -0.2) is 32.2 Å². The monoisotopic (exact) mass is 338 g/mol. The summed E-state index contributed by atoms with van der Waals surface area (Å²) >= 11 is 0. The molecule has 0 saturated heterocycles. The number of amides is 1. The van der Waals surface area contributed by atoms with Crippen molar-refractivity contribution in [3.05, 3.63) is 54.4 Å². The summed E-state index contributed by atoms with van der Waals surface area (Å²) in [6.45, 7) is 0. The highest BCUT2D eigenvalue weighted by Crippen LogP contribution is 2.38. The van der Waals surface area contributed by atoms with E-state index in [-0.39, 0.29) is 5.91 Å². The van der Waals surface area contributed by atoms with Gasteiger partial charge in [0.05, 0.1) is 21.3 Å². The molecule has 1 heterocycles. The predicted molar refractivity (Wildman–Crippen MR) is 95.8 cm³/mol. The average Bonchev–Trinajstić information content (AvgIpc) is 2.66. The first-order valence-corrected chi connectivity index (χ1v) is 7.62. The van der Waals surface area contributed by atoms with Gasteiger partial charge in [0, 0.05) is 34.4 Å². The van der Waals surface area contributed by atoms with Crippen LogP contribution in [0.15, 0.2) is 48.8 Å². The molecule has 128 valence electrons. The van der Waals surface area contributed by atoms with E-state index in [1.165, 1.54) is 21.3 Å². The normalized spacial score (nSPS) is 10.4. The minimum atomic E-state index is -0.274. The van der Waals surface area contributed by atoms with Crippen molar-refractivity contribution in [3.8, 4) is 17.2 Å².